The van der Waals surface area contributed by atoms with E-state index in [0.29, 0.717) is 18.2 Å². The highest BCUT2D eigenvalue weighted by atomic mass is 32.1. The van der Waals surface area contributed by atoms with Crippen molar-refractivity contribution in [3.63, 3.8) is 0 Å². The Morgan fingerprint density at radius 2 is 2.16 bits per heavy atom. The minimum absolute atomic E-state index is 0.0603. The zero-order valence-electron chi connectivity index (χ0n) is 15.4. The molecule has 0 amide bonds. The van der Waals surface area contributed by atoms with E-state index in [0.717, 1.165) is 41.5 Å². The third kappa shape index (κ3) is 3.24. The van der Waals surface area contributed by atoms with E-state index in [2.05, 4.69) is 6.92 Å². The molecule has 0 aliphatic heterocycles. The Labute approximate surface area is 151 Å². The smallest absolute Gasteiger partial charge is 0.310 e. The summed E-state index contributed by atoms with van der Waals surface area (Å²) in [6.45, 7) is 7.76. The second-order valence-electron chi connectivity index (χ2n) is 7.89. The second kappa shape index (κ2) is 6.56. The average Bonchev–Trinajstić information content (AvgIpc) is 2.88. The monoisotopic (exact) mass is 362 g/mol. The number of aliphatic carboxylic acids is 1. The van der Waals surface area contributed by atoms with Gasteiger partial charge in [0.15, 0.2) is 0 Å². The van der Waals surface area contributed by atoms with Gasteiger partial charge in [-0.3, -0.25) is 14.2 Å². The third-order valence-electron chi connectivity index (χ3n) is 5.10. The molecule has 5 nitrogen and oxygen atoms in total. The lowest BCUT2D eigenvalue weighted by atomic mass is 9.89. The van der Waals surface area contributed by atoms with Gasteiger partial charge in [0.1, 0.15) is 10.7 Å². The summed E-state index contributed by atoms with van der Waals surface area (Å²) >= 11 is 1.65. The van der Waals surface area contributed by atoms with Crippen molar-refractivity contribution in [3.05, 3.63) is 26.6 Å². The van der Waals surface area contributed by atoms with E-state index in [1.54, 1.807) is 29.8 Å². The SMILES string of the molecule is CCCc1nc2sc3c(c2c(=O)n1CC(C)(C)C(=O)O)CCC(C)C3. The molecule has 0 bridgehead atoms. The number of rotatable bonds is 5. The fourth-order valence-corrected chi connectivity index (χ4v) is 4.90. The lowest BCUT2D eigenvalue weighted by Gasteiger charge is -2.22. The van der Waals surface area contributed by atoms with Gasteiger partial charge in [-0.25, -0.2) is 4.98 Å². The van der Waals surface area contributed by atoms with Gasteiger partial charge in [0.05, 0.1) is 10.8 Å². The van der Waals surface area contributed by atoms with Gasteiger partial charge in [-0.15, -0.1) is 11.3 Å². The molecule has 136 valence electrons. The van der Waals surface area contributed by atoms with Gasteiger partial charge >= 0.3 is 5.97 Å². The number of hydrogen-bond acceptors (Lipinski definition) is 4. The van der Waals surface area contributed by atoms with Crippen LogP contribution in [-0.2, 0) is 30.6 Å². The highest BCUT2D eigenvalue weighted by Crippen LogP contribution is 2.36. The van der Waals surface area contributed by atoms with Gasteiger partial charge in [0.2, 0.25) is 0 Å². The topological polar surface area (TPSA) is 72.2 Å². The van der Waals surface area contributed by atoms with Crippen LogP contribution in [0.2, 0.25) is 0 Å². The highest BCUT2D eigenvalue weighted by molar-refractivity contribution is 7.18. The Bertz CT molecular complexity index is 879. The first kappa shape index (κ1) is 18.1. The predicted octanol–water partition coefficient (Wildman–Crippen LogP) is 3.65. The van der Waals surface area contributed by atoms with Crippen molar-refractivity contribution >= 4 is 27.5 Å². The summed E-state index contributed by atoms with van der Waals surface area (Å²) in [5, 5.41) is 10.2. The summed E-state index contributed by atoms with van der Waals surface area (Å²) in [6, 6.07) is 0. The van der Waals surface area contributed by atoms with Crippen LogP contribution in [-0.4, -0.2) is 20.6 Å². The average molecular weight is 362 g/mol. The summed E-state index contributed by atoms with van der Waals surface area (Å²) in [5.74, 6) is 0.452. The Morgan fingerprint density at radius 1 is 1.44 bits per heavy atom. The molecule has 3 rings (SSSR count). The number of hydrogen-bond donors (Lipinski definition) is 1. The molecular weight excluding hydrogens is 336 g/mol. The van der Waals surface area contributed by atoms with Gasteiger partial charge in [0, 0.05) is 17.8 Å². The molecule has 0 saturated carbocycles. The number of carboxylic acid groups (broad SMARTS) is 1. The number of carbonyl (C=O) groups is 1. The van der Waals surface area contributed by atoms with E-state index in [-0.39, 0.29) is 12.1 Å². The molecule has 1 unspecified atom stereocenters. The molecule has 0 spiro atoms. The molecule has 1 aliphatic rings. The summed E-state index contributed by atoms with van der Waals surface area (Å²) in [7, 11) is 0. The van der Waals surface area contributed by atoms with E-state index < -0.39 is 11.4 Å². The zero-order chi connectivity index (χ0) is 18.4. The van der Waals surface area contributed by atoms with Gasteiger partial charge < -0.3 is 5.11 Å². The molecule has 25 heavy (non-hydrogen) atoms. The van der Waals surface area contributed by atoms with Crippen molar-refractivity contribution in [1.82, 2.24) is 9.55 Å². The van der Waals surface area contributed by atoms with Crippen molar-refractivity contribution in [2.45, 2.75) is 66.3 Å². The maximum Gasteiger partial charge on any atom is 0.310 e. The van der Waals surface area contributed by atoms with Crippen molar-refractivity contribution in [1.29, 1.82) is 0 Å². The fourth-order valence-electron chi connectivity index (χ4n) is 3.51. The number of aryl methyl sites for hydroxylation is 2. The quantitative estimate of drug-likeness (QED) is 0.881. The van der Waals surface area contributed by atoms with Crippen LogP contribution in [0.4, 0.5) is 0 Å². The van der Waals surface area contributed by atoms with Gasteiger partial charge in [-0.2, -0.15) is 0 Å². The summed E-state index contributed by atoms with van der Waals surface area (Å²) in [6.07, 6.45) is 4.57. The normalized spacial score (nSPS) is 17.7. The first-order chi connectivity index (χ1) is 11.7. The Balaban J connectivity index is 2.21. The molecule has 0 saturated heterocycles. The van der Waals surface area contributed by atoms with Crippen molar-refractivity contribution in [3.8, 4) is 0 Å². The molecule has 1 N–H and O–H groups in total. The number of nitrogens with zero attached hydrogens (tertiary/aromatic N) is 2. The van der Waals surface area contributed by atoms with E-state index in [1.807, 2.05) is 6.92 Å². The summed E-state index contributed by atoms with van der Waals surface area (Å²) < 4.78 is 1.62. The van der Waals surface area contributed by atoms with E-state index in [1.165, 1.54) is 4.88 Å². The van der Waals surface area contributed by atoms with E-state index in [9.17, 15) is 14.7 Å². The number of fused-ring (bicyclic) bond motifs is 3. The molecular formula is C19H26N2O3S. The first-order valence-electron chi connectivity index (χ1n) is 9.02. The molecule has 0 radical (unpaired) electrons. The van der Waals surface area contributed by atoms with Crippen molar-refractivity contribution in [2.75, 3.05) is 0 Å². The van der Waals surface area contributed by atoms with Crippen molar-refractivity contribution < 1.29 is 9.90 Å². The van der Waals surface area contributed by atoms with Crippen LogP contribution >= 0.6 is 11.3 Å². The molecule has 2 aromatic heterocycles. The molecule has 0 aromatic carbocycles. The van der Waals surface area contributed by atoms with Crippen LogP contribution in [0.3, 0.4) is 0 Å². The van der Waals surface area contributed by atoms with Gasteiger partial charge in [-0.1, -0.05) is 13.8 Å². The Kier molecular flexibility index (Phi) is 4.75. The summed E-state index contributed by atoms with van der Waals surface area (Å²) in [4.78, 5) is 31.7. The van der Waals surface area contributed by atoms with Crippen LogP contribution in [0, 0.1) is 11.3 Å². The van der Waals surface area contributed by atoms with Gasteiger partial charge in [-0.05, 0) is 51.0 Å². The number of thiophene rings is 1. The van der Waals surface area contributed by atoms with Gasteiger partial charge in [0.25, 0.3) is 5.56 Å². The fraction of sp³-hybridized carbons (Fsp3) is 0.632. The first-order valence-corrected chi connectivity index (χ1v) is 9.83. The maximum absolute atomic E-state index is 13.3. The number of aromatic nitrogens is 2. The molecule has 6 heteroatoms. The highest BCUT2D eigenvalue weighted by Gasteiger charge is 2.31. The van der Waals surface area contributed by atoms with Crippen molar-refractivity contribution in [2.24, 2.45) is 11.3 Å². The predicted molar refractivity (Wildman–Crippen MR) is 100 cm³/mol. The Morgan fingerprint density at radius 3 is 2.80 bits per heavy atom. The van der Waals surface area contributed by atoms with E-state index >= 15 is 0 Å². The second-order valence-corrected chi connectivity index (χ2v) is 8.97. The molecule has 1 aliphatic carbocycles. The minimum atomic E-state index is -1.01. The zero-order valence-corrected chi connectivity index (χ0v) is 16.2. The lowest BCUT2D eigenvalue weighted by molar-refractivity contribution is -0.147. The molecule has 2 heterocycles. The molecule has 2 aromatic rings. The van der Waals surface area contributed by atoms with Crippen LogP contribution in [0.25, 0.3) is 10.2 Å². The molecule has 0 fully saturated rings. The standard InChI is InChI=1S/C19H26N2O3S/c1-5-6-14-20-16-15(12-8-7-11(2)9-13(12)25-16)17(22)21(14)10-19(3,4)18(23)24/h11H,5-10H2,1-4H3,(H,23,24). The van der Waals surface area contributed by atoms with Crippen LogP contribution in [0.5, 0.6) is 0 Å². The minimum Gasteiger partial charge on any atom is -0.481 e. The molecule has 1 atom stereocenters. The summed E-state index contributed by atoms with van der Waals surface area (Å²) in [5.41, 5.74) is 0.0853. The maximum atomic E-state index is 13.3. The lowest BCUT2D eigenvalue weighted by Crippen LogP contribution is -2.36. The van der Waals surface area contributed by atoms with E-state index in [4.69, 9.17) is 4.98 Å². The van der Waals surface area contributed by atoms with Crippen LogP contribution in [0.1, 0.15) is 56.8 Å². The third-order valence-corrected chi connectivity index (χ3v) is 6.25. The Hall–Kier alpha value is -1.69. The number of carboxylic acids is 1. The largest absolute Gasteiger partial charge is 0.481 e. The van der Waals surface area contributed by atoms with Crippen LogP contribution in [0.15, 0.2) is 4.79 Å². The van der Waals surface area contributed by atoms with Crippen LogP contribution < -0.4 is 5.56 Å².